The van der Waals surface area contributed by atoms with Crippen LogP contribution >= 0.6 is 0 Å². The molecule has 0 radical (unpaired) electrons. The van der Waals surface area contributed by atoms with Gasteiger partial charge in [0.15, 0.2) is 0 Å². The van der Waals surface area contributed by atoms with Crippen LogP contribution in [0.15, 0.2) is 0 Å². The Hall–Kier alpha value is -0.810. The quantitative estimate of drug-likeness (QED) is 0.691. The topological polar surface area (TPSA) is 64.8 Å². The van der Waals surface area contributed by atoms with Crippen molar-refractivity contribution in [1.29, 1.82) is 0 Å². The molecule has 5 nitrogen and oxygen atoms in total. The lowest BCUT2D eigenvalue weighted by Gasteiger charge is -2.28. The zero-order chi connectivity index (χ0) is 12.7. The minimum atomic E-state index is -0.453. The highest BCUT2D eigenvalue weighted by Crippen LogP contribution is 2.34. The summed E-state index contributed by atoms with van der Waals surface area (Å²) in [6, 6.07) is 0.0370. The lowest BCUT2D eigenvalue weighted by Crippen LogP contribution is -2.48. The Kier molecular flexibility index (Phi) is 3.08. The van der Waals surface area contributed by atoms with Crippen LogP contribution in [0, 0.1) is 0 Å². The molecule has 0 unspecified atom stereocenters. The first-order valence-corrected chi connectivity index (χ1v) is 6.20. The van der Waals surface area contributed by atoms with E-state index in [9.17, 15) is 4.79 Å². The van der Waals surface area contributed by atoms with Crippen molar-refractivity contribution < 1.29 is 14.3 Å². The Labute approximate surface area is 102 Å². The van der Waals surface area contributed by atoms with Gasteiger partial charge in [-0.2, -0.15) is 0 Å². The second-order valence-corrected chi connectivity index (χ2v) is 5.96. The smallest absolute Gasteiger partial charge is 0.410 e. The summed E-state index contributed by atoms with van der Waals surface area (Å²) in [5.74, 6) is 0. The van der Waals surface area contributed by atoms with E-state index in [1.54, 1.807) is 4.90 Å². The lowest BCUT2D eigenvalue weighted by molar-refractivity contribution is -0.00494. The van der Waals surface area contributed by atoms with Crippen LogP contribution in [-0.2, 0) is 9.47 Å². The molecule has 0 aromatic carbocycles. The van der Waals surface area contributed by atoms with Crippen molar-refractivity contribution in [2.45, 2.75) is 50.9 Å². The maximum absolute atomic E-state index is 11.9. The molecule has 2 saturated heterocycles. The first-order valence-electron chi connectivity index (χ1n) is 6.20. The number of hydrogen-bond donors (Lipinski definition) is 1. The predicted molar refractivity (Wildman–Crippen MR) is 63.7 cm³/mol. The van der Waals surface area contributed by atoms with E-state index in [1.807, 2.05) is 20.8 Å². The molecule has 5 heteroatoms. The van der Waals surface area contributed by atoms with E-state index in [4.69, 9.17) is 15.2 Å². The molecule has 2 aliphatic rings. The molecule has 0 saturated carbocycles. The molecule has 2 atom stereocenters. The summed E-state index contributed by atoms with van der Waals surface area (Å²) in [6.07, 6.45) is 1.42. The van der Waals surface area contributed by atoms with Crippen molar-refractivity contribution in [3.05, 3.63) is 0 Å². The van der Waals surface area contributed by atoms with Gasteiger partial charge < -0.3 is 20.1 Å². The molecule has 0 aliphatic carbocycles. The van der Waals surface area contributed by atoms with Gasteiger partial charge in [0.1, 0.15) is 11.2 Å². The number of nitrogens with zero attached hydrogens (tertiary/aromatic N) is 1. The fourth-order valence-corrected chi connectivity index (χ4v) is 2.47. The van der Waals surface area contributed by atoms with Gasteiger partial charge in [-0.15, -0.1) is 0 Å². The van der Waals surface area contributed by atoms with Crippen molar-refractivity contribution >= 4 is 6.09 Å². The number of hydrogen-bond acceptors (Lipinski definition) is 4. The molecular weight excluding hydrogens is 220 g/mol. The van der Waals surface area contributed by atoms with Gasteiger partial charge >= 0.3 is 6.09 Å². The second-order valence-electron chi connectivity index (χ2n) is 5.96. The van der Waals surface area contributed by atoms with Gasteiger partial charge in [0.25, 0.3) is 0 Å². The maximum atomic E-state index is 11.9. The van der Waals surface area contributed by atoms with E-state index in [0.717, 1.165) is 12.8 Å². The summed E-state index contributed by atoms with van der Waals surface area (Å²) in [6.45, 7) is 7.53. The molecule has 1 spiro atoms. The molecule has 0 aromatic rings. The van der Waals surface area contributed by atoms with E-state index < -0.39 is 5.60 Å². The van der Waals surface area contributed by atoms with Gasteiger partial charge in [-0.05, 0) is 33.6 Å². The number of rotatable bonds is 0. The van der Waals surface area contributed by atoms with Gasteiger partial charge in [0.2, 0.25) is 0 Å². The van der Waals surface area contributed by atoms with Crippen LogP contribution in [0.5, 0.6) is 0 Å². The van der Waals surface area contributed by atoms with Gasteiger partial charge in [0, 0.05) is 19.2 Å². The normalized spacial score (nSPS) is 33.4. The van der Waals surface area contributed by atoms with E-state index in [2.05, 4.69) is 0 Å². The van der Waals surface area contributed by atoms with Crippen LogP contribution in [0.25, 0.3) is 0 Å². The van der Waals surface area contributed by atoms with Gasteiger partial charge in [-0.25, -0.2) is 4.79 Å². The van der Waals surface area contributed by atoms with Crippen molar-refractivity contribution in [2.75, 3.05) is 19.7 Å². The monoisotopic (exact) mass is 242 g/mol. The average molecular weight is 242 g/mol. The van der Waals surface area contributed by atoms with Crippen LogP contribution in [0.2, 0.25) is 0 Å². The summed E-state index contributed by atoms with van der Waals surface area (Å²) in [5, 5.41) is 0. The molecule has 2 aliphatic heterocycles. The average Bonchev–Trinajstić information content (AvgIpc) is 2.74. The van der Waals surface area contributed by atoms with Gasteiger partial charge in [-0.1, -0.05) is 0 Å². The number of carbonyl (C=O) groups excluding carboxylic acids is 1. The van der Waals surface area contributed by atoms with Crippen molar-refractivity contribution in [2.24, 2.45) is 5.73 Å². The first-order chi connectivity index (χ1) is 7.82. The molecule has 0 aromatic heterocycles. The Bertz CT molecular complexity index is 313. The Balaban J connectivity index is 1.96. The van der Waals surface area contributed by atoms with Gasteiger partial charge in [0.05, 0.1) is 6.54 Å². The summed E-state index contributed by atoms with van der Waals surface area (Å²) in [7, 11) is 0. The summed E-state index contributed by atoms with van der Waals surface area (Å²) < 4.78 is 11.1. The molecule has 98 valence electrons. The number of amides is 1. The van der Waals surface area contributed by atoms with Crippen molar-refractivity contribution in [1.82, 2.24) is 4.90 Å². The molecule has 2 heterocycles. The van der Waals surface area contributed by atoms with Gasteiger partial charge in [-0.3, -0.25) is 0 Å². The lowest BCUT2D eigenvalue weighted by atomic mass is 9.94. The summed E-state index contributed by atoms with van der Waals surface area (Å²) in [5.41, 5.74) is 5.29. The number of carbonyl (C=O) groups is 1. The van der Waals surface area contributed by atoms with E-state index in [-0.39, 0.29) is 17.7 Å². The third kappa shape index (κ3) is 2.55. The van der Waals surface area contributed by atoms with E-state index in [0.29, 0.717) is 19.7 Å². The molecule has 2 rings (SSSR count). The van der Waals surface area contributed by atoms with E-state index in [1.165, 1.54) is 0 Å². The Morgan fingerprint density at radius 2 is 2.24 bits per heavy atom. The largest absolute Gasteiger partial charge is 0.444 e. The molecule has 1 amide bonds. The Morgan fingerprint density at radius 1 is 1.53 bits per heavy atom. The maximum Gasteiger partial charge on any atom is 0.410 e. The van der Waals surface area contributed by atoms with Crippen LogP contribution in [0.4, 0.5) is 4.79 Å². The number of likely N-dealkylation sites (tertiary alicyclic amines) is 1. The zero-order valence-electron chi connectivity index (χ0n) is 10.9. The second kappa shape index (κ2) is 4.14. The Morgan fingerprint density at radius 3 is 2.76 bits per heavy atom. The fourth-order valence-electron chi connectivity index (χ4n) is 2.47. The third-order valence-corrected chi connectivity index (χ3v) is 3.41. The number of nitrogens with two attached hydrogens (primary N) is 1. The highest BCUT2D eigenvalue weighted by Gasteiger charge is 2.49. The van der Waals surface area contributed by atoms with Crippen LogP contribution < -0.4 is 5.73 Å². The van der Waals surface area contributed by atoms with Crippen molar-refractivity contribution in [3.8, 4) is 0 Å². The van der Waals surface area contributed by atoms with Crippen LogP contribution in [0.1, 0.15) is 33.6 Å². The molecule has 2 fully saturated rings. The minimum absolute atomic E-state index is 0.0370. The third-order valence-electron chi connectivity index (χ3n) is 3.41. The first kappa shape index (κ1) is 12.6. The number of ether oxygens (including phenoxy) is 2. The predicted octanol–water partition coefficient (Wildman–Crippen LogP) is 1.11. The summed E-state index contributed by atoms with van der Waals surface area (Å²) in [4.78, 5) is 13.6. The molecule has 0 bridgehead atoms. The summed E-state index contributed by atoms with van der Waals surface area (Å²) >= 11 is 0. The highest BCUT2D eigenvalue weighted by atomic mass is 16.6. The van der Waals surface area contributed by atoms with Crippen LogP contribution in [-0.4, -0.2) is 47.9 Å². The molecular formula is C12H22N2O3. The zero-order valence-corrected chi connectivity index (χ0v) is 10.9. The van der Waals surface area contributed by atoms with Crippen molar-refractivity contribution in [3.63, 3.8) is 0 Å². The molecule has 17 heavy (non-hydrogen) atoms. The molecule has 2 N–H and O–H groups in total. The van der Waals surface area contributed by atoms with Crippen LogP contribution in [0.3, 0.4) is 0 Å². The fraction of sp³-hybridized carbons (Fsp3) is 0.917. The van der Waals surface area contributed by atoms with E-state index >= 15 is 0 Å². The minimum Gasteiger partial charge on any atom is -0.444 e. The standard InChI is InChI=1S/C12H22N2O3/c1-11(2,3)17-10(15)14-6-5-12(8-14)9(13)4-7-16-12/h9H,4-8,13H2,1-3H3/t9-,12+/m1/s1. The highest BCUT2D eigenvalue weighted by molar-refractivity contribution is 5.68. The SMILES string of the molecule is CC(C)(C)OC(=O)N1CC[C@@]2(C1)OCC[C@H]2N.